The van der Waals surface area contributed by atoms with Crippen molar-refractivity contribution >= 4 is 5.78 Å². The van der Waals surface area contributed by atoms with E-state index in [2.05, 4.69) is 36.4 Å². The number of hydrogen-bond acceptors (Lipinski definition) is 6. The third-order valence-corrected chi connectivity index (χ3v) is 10.2. The maximum Gasteiger partial charge on any atom is 0.189 e. The zero-order valence-corrected chi connectivity index (χ0v) is 33.1. The smallest absolute Gasteiger partial charge is 0.189 e. The Bertz CT molecular complexity index is 2130. The van der Waals surface area contributed by atoms with E-state index in [1.165, 1.54) is 0 Å². The van der Waals surface area contributed by atoms with Crippen molar-refractivity contribution in [2.24, 2.45) is 0 Å². The average molecular weight is 783 g/mol. The average Bonchev–Trinajstić information content (AvgIpc) is 3.31. The van der Waals surface area contributed by atoms with E-state index in [-0.39, 0.29) is 45.4 Å². The first kappa shape index (κ1) is 41.2. The Morgan fingerprint density at radius 1 is 0.407 bits per heavy atom. The van der Waals surface area contributed by atoms with Gasteiger partial charge in [-0.25, -0.2) is 0 Å². The highest BCUT2D eigenvalue weighted by atomic mass is 16.6. The van der Waals surface area contributed by atoms with E-state index in [1.54, 1.807) is 0 Å². The molecule has 3 atom stereocenters. The summed E-state index contributed by atoms with van der Waals surface area (Å²) in [7, 11) is 0. The van der Waals surface area contributed by atoms with Crippen molar-refractivity contribution in [2.75, 3.05) is 13.2 Å². The van der Waals surface area contributed by atoms with Crippen LogP contribution in [0.2, 0.25) is 0 Å². The van der Waals surface area contributed by atoms with Gasteiger partial charge in [-0.15, -0.1) is 0 Å². The minimum atomic E-state index is -1.08. The molecule has 0 aliphatic carbocycles. The van der Waals surface area contributed by atoms with Crippen LogP contribution in [0.3, 0.4) is 0 Å². The SMILES string of the molecule is O=C(COCc1ccccc1)[C@H](OCc1ccccc1)[C@H](OCc1ccccc1)[C@H](COC(c1ccccc1)(c1ccccc1)c1ccccc1)OCc1ccccc1. The van der Waals surface area contributed by atoms with Crippen molar-refractivity contribution in [3.63, 3.8) is 0 Å². The Labute approximate surface area is 348 Å². The van der Waals surface area contributed by atoms with Gasteiger partial charge in [0.25, 0.3) is 0 Å². The molecular weight excluding hydrogens is 733 g/mol. The molecule has 0 amide bonds. The molecule has 7 aromatic carbocycles. The van der Waals surface area contributed by atoms with Gasteiger partial charge < -0.3 is 23.7 Å². The second-order valence-corrected chi connectivity index (χ2v) is 14.3. The fraction of sp³-hybridized carbons (Fsp3) is 0.189. The predicted octanol–water partition coefficient (Wildman–Crippen LogP) is 10.5. The molecule has 0 aliphatic rings. The van der Waals surface area contributed by atoms with E-state index >= 15 is 0 Å². The minimum absolute atomic E-state index is 0.0360. The van der Waals surface area contributed by atoms with Crippen LogP contribution < -0.4 is 0 Å². The van der Waals surface area contributed by atoms with Crippen LogP contribution in [0, 0.1) is 0 Å². The zero-order valence-electron chi connectivity index (χ0n) is 33.1. The first-order valence-corrected chi connectivity index (χ1v) is 20.1. The Hall–Kier alpha value is -5.99. The molecule has 0 radical (unpaired) electrons. The van der Waals surface area contributed by atoms with Crippen LogP contribution in [0.5, 0.6) is 0 Å². The topological polar surface area (TPSA) is 63.2 Å². The van der Waals surface area contributed by atoms with Crippen LogP contribution in [-0.4, -0.2) is 37.3 Å². The van der Waals surface area contributed by atoms with Crippen molar-refractivity contribution in [1.29, 1.82) is 0 Å². The molecule has 0 saturated heterocycles. The first-order chi connectivity index (χ1) is 29.2. The summed E-state index contributed by atoms with van der Waals surface area (Å²) in [6, 6.07) is 70.2. The van der Waals surface area contributed by atoms with Crippen LogP contribution in [0.25, 0.3) is 0 Å². The lowest BCUT2D eigenvalue weighted by Crippen LogP contribution is -2.50. The molecule has 0 N–H and O–H groups in total. The molecule has 0 aliphatic heterocycles. The van der Waals surface area contributed by atoms with Crippen LogP contribution >= 0.6 is 0 Å². The Balaban J connectivity index is 1.29. The number of hydrogen-bond donors (Lipinski definition) is 0. The second-order valence-electron chi connectivity index (χ2n) is 14.3. The van der Waals surface area contributed by atoms with Crippen molar-refractivity contribution in [3.8, 4) is 0 Å². The number of ketones is 1. The maximum absolute atomic E-state index is 14.6. The molecule has 0 bridgehead atoms. The lowest BCUT2D eigenvalue weighted by atomic mass is 9.80. The molecule has 0 unspecified atom stereocenters. The molecule has 0 heterocycles. The Morgan fingerprint density at radius 3 is 1.15 bits per heavy atom. The van der Waals surface area contributed by atoms with Gasteiger partial charge in [0.05, 0.1) is 33.0 Å². The van der Waals surface area contributed by atoms with Crippen LogP contribution in [0.4, 0.5) is 0 Å². The summed E-state index contributed by atoms with van der Waals surface area (Å²) in [4.78, 5) is 14.6. The lowest BCUT2D eigenvalue weighted by Gasteiger charge is -2.39. The summed E-state index contributed by atoms with van der Waals surface area (Å²) in [6.07, 6.45) is -2.80. The summed E-state index contributed by atoms with van der Waals surface area (Å²) in [5.41, 5.74) is 5.60. The number of Topliss-reactive ketones (excluding diaryl/α,β-unsaturated/α-hetero) is 1. The van der Waals surface area contributed by atoms with Gasteiger partial charge in [0.2, 0.25) is 0 Å². The normalized spacial score (nSPS) is 13.0. The van der Waals surface area contributed by atoms with Gasteiger partial charge in [-0.05, 0) is 38.9 Å². The van der Waals surface area contributed by atoms with Gasteiger partial charge in [-0.2, -0.15) is 0 Å². The summed E-state index contributed by atoms with van der Waals surface area (Å²) in [5.74, 6) is -0.260. The molecular formula is C53H50O6. The molecule has 7 aromatic rings. The third kappa shape index (κ3) is 11.4. The number of carbonyl (C=O) groups is 1. The van der Waals surface area contributed by atoms with Gasteiger partial charge in [0, 0.05) is 0 Å². The zero-order chi connectivity index (χ0) is 40.4. The molecule has 6 nitrogen and oxygen atoms in total. The van der Waals surface area contributed by atoms with Gasteiger partial charge >= 0.3 is 0 Å². The van der Waals surface area contributed by atoms with Gasteiger partial charge in [-0.3, -0.25) is 4.79 Å². The molecule has 6 heteroatoms. The summed E-state index contributed by atoms with van der Waals surface area (Å²) < 4.78 is 33.9. The molecule has 0 fully saturated rings. The van der Waals surface area contributed by atoms with Crippen molar-refractivity contribution in [1.82, 2.24) is 0 Å². The number of benzene rings is 7. The van der Waals surface area contributed by atoms with Crippen molar-refractivity contribution in [2.45, 2.75) is 50.3 Å². The molecule has 298 valence electrons. The van der Waals surface area contributed by atoms with Crippen LogP contribution in [0.1, 0.15) is 38.9 Å². The van der Waals surface area contributed by atoms with E-state index in [0.29, 0.717) is 0 Å². The maximum atomic E-state index is 14.6. The molecule has 59 heavy (non-hydrogen) atoms. The first-order valence-electron chi connectivity index (χ1n) is 20.1. The predicted molar refractivity (Wildman–Crippen MR) is 231 cm³/mol. The highest BCUT2D eigenvalue weighted by molar-refractivity contribution is 5.85. The van der Waals surface area contributed by atoms with E-state index in [0.717, 1.165) is 38.9 Å². The lowest BCUT2D eigenvalue weighted by molar-refractivity contribution is -0.184. The highest BCUT2D eigenvalue weighted by Crippen LogP contribution is 2.41. The van der Waals surface area contributed by atoms with Gasteiger partial charge in [0.15, 0.2) is 5.78 Å². The van der Waals surface area contributed by atoms with E-state index in [1.807, 2.05) is 176 Å². The fourth-order valence-corrected chi connectivity index (χ4v) is 7.20. The van der Waals surface area contributed by atoms with Gasteiger partial charge in [0.1, 0.15) is 30.5 Å². The second kappa shape index (κ2) is 21.7. The Morgan fingerprint density at radius 2 is 0.746 bits per heavy atom. The fourth-order valence-electron chi connectivity index (χ4n) is 7.20. The van der Waals surface area contributed by atoms with Crippen molar-refractivity contribution in [3.05, 3.63) is 251 Å². The monoisotopic (exact) mass is 782 g/mol. The molecule has 0 saturated carbocycles. The molecule has 0 aromatic heterocycles. The quantitative estimate of drug-likeness (QED) is 0.0638. The third-order valence-electron chi connectivity index (χ3n) is 10.2. The van der Waals surface area contributed by atoms with E-state index in [9.17, 15) is 4.79 Å². The Kier molecular flexibility index (Phi) is 15.1. The summed E-state index contributed by atoms with van der Waals surface area (Å²) in [6.45, 7) is 0.760. The highest BCUT2D eigenvalue weighted by Gasteiger charge is 2.42. The standard InChI is InChI=1S/C53H50O6/c54-49(40-55-36-42-22-8-1-9-23-42)51(57-38-44-26-12-3-13-27-44)52(58-39-45-28-14-4-15-29-45)50(56-37-43-24-10-2-11-25-43)41-59-53(46-30-16-5-17-31-46,47-32-18-6-19-33-47)48-34-20-7-21-35-48/h1-35,50-52H,36-41H2/t50-,51-,52+/m0/s1. The number of carbonyl (C=O) groups excluding carboxylic acids is 1. The van der Waals surface area contributed by atoms with E-state index < -0.39 is 23.9 Å². The van der Waals surface area contributed by atoms with Gasteiger partial charge in [-0.1, -0.05) is 212 Å². The molecule has 0 spiro atoms. The minimum Gasteiger partial charge on any atom is -0.369 e. The molecule has 7 rings (SSSR count). The summed E-state index contributed by atoms with van der Waals surface area (Å²) >= 11 is 0. The van der Waals surface area contributed by atoms with Crippen LogP contribution in [-0.2, 0) is 60.5 Å². The van der Waals surface area contributed by atoms with Crippen molar-refractivity contribution < 1.29 is 28.5 Å². The van der Waals surface area contributed by atoms with E-state index in [4.69, 9.17) is 23.7 Å². The number of rotatable bonds is 22. The van der Waals surface area contributed by atoms with Crippen LogP contribution in [0.15, 0.2) is 212 Å². The summed E-state index contributed by atoms with van der Waals surface area (Å²) in [5, 5.41) is 0. The number of ether oxygens (including phenoxy) is 5. The largest absolute Gasteiger partial charge is 0.369 e.